The Morgan fingerprint density at radius 1 is 1.08 bits per heavy atom. The molecule has 0 radical (unpaired) electrons. The predicted octanol–water partition coefficient (Wildman–Crippen LogP) is 3.61. The molecule has 0 aliphatic rings. The van der Waals surface area contributed by atoms with E-state index < -0.39 is 6.10 Å². The van der Waals surface area contributed by atoms with Gasteiger partial charge in [0.15, 0.2) is 0 Å². The Labute approximate surface area is 154 Å². The average Bonchev–Trinajstić information content (AvgIpc) is 2.59. The first-order valence-electron chi connectivity index (χ1n) is 7.66. The highest BCUT2D eigenvalue weighted by molar-refractivity contribution is 6.30. The largest absolute Gasteiger partial charge is 0.476 e. The van der Waals surface area contributed by atoms with Crippen molar-refractivity contribution < 1.29 is 9.53 Å². The van der Waals surface area contributed by atoms with Crippen molar-refractivity contribution in [3.05, 3.63) is 65.2 Å². The van der Waals surface area contributed by atoms with Gasteiger partial charge in [0.1, 0.15) is 5.75 Å². The maximum Gasteiger partial charge on any atom is 0.265 e. The van der Waals surface area contributed by atoms with Crippen molar-refractivity contribution in [1.29, 1.82) is 0 Å². The summed E-state index contributed by atoms with van der Waals surface area (Å²) in [4.78, 5) is 12.5. The van der Waals surface area contributed by atoms with Crippen molar-refractivity contribution in [2.75, 3.05) is 19.6 Å². The van der Waals surface area contributed by atoms with Crippen LogP contribution in [0.4, 0.5) is 0 Å². The number of carbonyl (C=O) groups is 1. The van der Waals surface area contributed by atoms with E-state index in [0.29, 0.717) is 17.3 Å². The van der Waals surface area contributed by atoms with Gasteiger partial charge in [0.2, 0.25) is 6.10 Å². The smallest absolute Gasteiger partial charge is 0.265 e. The summed E-state index contributed by atoms with van der Waals surface area (Å²) in [6.45, 7) is 4.18. The summed E-state index contributed by atoms with van der Waals surface area (Å²) in [5, 5.41) is 6.69. The van der Waals surface area contributed by atoms with Gasteiger partial charge in [-0.25, -0.2) is 0 Å². The quantitative estimate of drug-likeness (QED) is 0.699. The zero-order valence-corrected chi connectivity index (χ0v) is 15.1. The van der Waals surface area contributed by atoms with E-state index in [4.69, 9.17) is 16.3 Å². The monoisotopic (exact) mass is 368 g/mol. The van der Waals surface area contributed by atoms with Crippen LogP contribution in [0.25, 0.3) is 0 Å². The Balaban J connectivity index is 0.00000288. The minimum absolute atomic E-state index is 0. The van der Waals surface area contributed by atoms with E-state index in [1.54, 1.807) is 24.3 Å². The lowest BCUT2D eigenvalue weighted by Crippen LogP contribution is -2.36. The van der Waals surface area contributed by atoms with E-state index in [1.807, 2.05) is 37.3 Å². The molecule has 0 heterocycles. The summed E-state index contributed by atoms with van der Waals surface area (Å²) in [6, 6.07) is 16.4. The molecule has 0 aliphatic carbocycles. The second-order valence-corrected chi connectivity index (χ2v) is 5.44. The number of hydrogen-bond donors (Lipinski definition) is 2. The molecule has 0 bridgehead atoms. The molecule has 1 unspecified atom stereocenters. The van der Waals surface area contributed by atoms with Crippen LogP contribution in [0.2, 0.25) is 5.02 Å². The molecule has 0 aliphatic heterocycles. The Hall–Kier alpha value is -1.75. The number of ether oxygens (including phenoxy) is 1. The van der Waals surface area contributed by atoms with Crippen molar-refractivity contribution in [2.24, 2.45) is 0 Å². The highest BCUT2D eigenvalue weighted by atomic mass is 35.5. The molecule has 130 valence electrons. The first kappa shape index (κ1) is 20.3. The third-order valence-corrected chi connectivity index (χ3v) is 3.51. The topological polar surface area (TPSA) is 50.4 Å². The molecule has 0 aromatic heterocycles. The minimum atomic E-state index is -0.695. The normalized spacial score (nSPS) is 11.2. The Bertz CT molecular complexity index is 606. The third kappa shape index (κ3) is 6.40. The number of halogens is 2. The lowest BCUT2D eigenvalue weighted by molar-refractivity contribution is -0.128. The van der Waals surface area contributed by atoms with E-state index in [9.17, 15) is 4.79 Å². The summed E-state index contributed by atoms with van der Waals surface area (Å²) in [7, 11) is 0. The molecule has 0 spiro atoms. The van der Waals surface area contributed by atoms with Crippen molar-refractivity contribution in [3.63, 3.8) is 0 Å². The molecular weight excluding hydrogens is 347 g/mol. The van der Waals surface area contributed by atoms with Crippen LogP contribution in [-0.4, -0.2) is 25.5 Å². The molecule has 6 heteroatoms. The molecule has 24 heavy (non-hydrogen) atoms. The van der Waals surface area contributed by atoms with Crippen LogP contribution in [0.15, 0.2) is 54.6 Å². The van der Waals surface area contributed by atoms with Crippen LogP contribution in [0.5, 0.6) is 5.75 Å². The van der Waals surface area contributed by atoms with Crippen LogP contribution >= 0.6 is 24.0 Å². The number of benzene rings is 2. The van der Waals surface area contributed by atoms with Gasteiger partial charge in [0.25, 0.3) is 5.91 Å². The molecule has 2 aromatic carbocycles. The van der Waals surface area contributed by atoms with Gasteiger partial charge in [0.05, 0.1) is 0 Å². The summed E-state index contributed by atoms with van der Waals surface area (Å²) >= 11 is 5.88. The molecule has 0 saturated heterocycles. The van der Waals surface area contributed by atoms with Gasteiger partial charge in [0, 0.05) is 23.7 Å². The summed E-state index contributed by atoms with van der Waals surface area (Å²) in [5.74, 6) is 0.439. The summed E-state index contributed by atoms with van der Waals surface area (Å²) in [5.41, 5.74) is 0.809. The lowest BCUT2D eigenvalue weighted by atomic mass is 10.1. The van der Waals surface area contributed by atoms with Gasteiger partial charge in [-0.15, -0.1) is 12.4 Å². The number of nitrogens with one attached hydrogen (secondary N) is 2. The molecule has 2 rings (SSSR count). The van der Waals surface area contributed by atoms with Crippen LogP contribution in [0.1, 0.15) is 18.6 Å². The van der Waals surface area contributed by atoms with E-state index in [1.165, 1.54) is 0 Å². The second-order valence-electron chi connectivity index (χ2n) is 5.01. The number of carbonyl (C=O) groups excluding carboxylic acids is 1. The van der Waals surface area contributed by atoms with Crippen molar-refractivity contribution in [3.8, 4) is 5.75 Å². The highest BCUT2D eigenvalue weighted by Gasteiger charge is 2.22. The summed E-state index contributed by atoms with van der Waals surface area (Å²) < 4.78 is 5.88. The average molecular weight is 369 g/mol. The van der Waals surface area contributed by atoms with Crippen molar-refractivity contribution in [2.45, 2.75) is 13.0 Å². The zero-order chi connectivity index (χ0) is 16.5. The number of likely N-dealkylation sites (N-methyl/N-ethyl adjacent to an activating group) is 1. The Morgan fingerprint density at radius 2 is 1.75 bits per heavy atom. The second kappa shape index (κ2) is 10.9. The SMILES string of the molecule is CCNCCNC(=O)C(Oc1ccc(Cl)cc1)c1ccccc1.Cl. The van der Waals surface area contributed by atoms with Gasteiger partial charge in [-0.2, -0.15) is 0 Å². The minimum Gasteiger partial charge on any atom is -0.476 e. The Morgan fingerprint density at radius 3 is 2.38 bits per heavy atom. The first-order chi connectivity index (χ1) is 11.2. The van der Waals surface area contributed by atoms with Gasteiger partial charge < -0.3 is 15.4 Å². The van der Waals surface area contributed by atoms with Crippen LogP contribution < -0.4 is 15.4 Å². The Kier molecular flexibility index (Phi) is 9.23. The highest BCUT2D eigenvalue weighted by Crippen LogP contribution is 2.23. The van der Waals surface area contributed by atoms with E-state index in [0.717, 1.165) is 18.7 Å². The fourth-order valence-corrected chi connectivity index (χ4v) is 2.22. The molecule has 2 aromatic rings. The third-order valence-electron chi connectivity index (χ3n) is 3.26. The van der Waals surface area contributed by atoms with Crippen LogP contribution in [0, 0.1) is 0 Å². The van der Waals surface area contributed by atoms with Gasteiger partial charge in [-0.1, -0.05) is 48.9 Å². The maximum atomic E-state index is 12.5. The number of hydrogen-bond acceptors (Lipinski definition) is 3. The van der Waals surface area contributed by atoms with E-state index in [2.05, 4.69) is 10.6 Å². The fraction of sp³-hybridized carbons (Fsp3) is 0.278. The van der Waals surface area contributed by atoms with Crippen LogP contribution in [0.3, 0.4) is 0 Å². The van der Waals surface area contributed by atoms with Crippen molar-refractivity contribution in [1.82, 2.24) is 10.6 Å². The summed E-state index contributed by atoms with van der Waals surface area (Å²) in [6.07, 6.45) is -0.695. The van der Waals surface area contributed by atoms with Gasteiger partial charge >= 0.3 is 0 Å². The lowest BCUT2D eigenvalue weighted by Gasteiger charge is -2.19. The molecule has 4 nitrogen and oxygen atoms in total. The van der Waals surface area contributed by atoms with Gasteiger partial charge in [-0.05, 0) is 30.8 Å². The molecule has 1 amide bonds. The van der Waals surface area contributed by atoms with E-state index >= 15 is 0 Å². The van der Waals surface area contributed by atoms with Crippen LogP contribution in [-0.2, 0) is 4.79 Å². The molecule has 0 fully saturated rings. The zero-order valence-electron chi connectivity index (χ0n) is 13.5. The first-order valence-corrected chi connectivity index (χ1v) is 8.04. The van der Waals surface area contributed by atoms with E-state index in [-0.39, 0.29) is 18.3 Å². The number of rotatable bonds is 8. The fourth-order valence-electron chi connectivity index (χ4n) is 2.09. The van der Waals surface area contributed by atoms with Crippen molar-refractivity contribution >= 4 is 29.9 Å². The number of amides is 1. The van der Waals surface area contributed by atoms with Gasteiger partial charge in [-0.3, -0.25) is 4.79 Å². The molecule has 1 atom stereocenters. The molecule has 0 saturated carbocycles. The standard InChI is InChI=1S/C18H21ClN2O2.ClH/c1-2-20-12-13-21-18(22)17(14-6-4-3-5-7-14)23-16-10-8-15(19)9-11-16;/h3-11,17,20H,2,12-13H2,1H3,(H,21,22);1H. The molecular formula is C18H22Cl2N2O2. The predicted molar refractivity (Wildman–Crippen MR) is 100 cm³/mol. The maximum absolute atomic E-state index is 12.5. The molecule has 2 N–H and O–H groups in total.